The largest absolute Gasteiger partial charge is 0.461 e. The van der Waals surface area contributed by atoms with E-state index >= 15 is 0 Å². The summed E-state index contributed by atoms with van der Waals surface area (Å²) in [5.41, 5.74) is 4.52. The Morgan fingerprint density at radius 2 is 1.91 bits per heavy atom. The molecule has 0 saturated heterocycles. The van der Waals surface area contributed by atoms with E-state index in [1.54, 1.807) is 59.1 Å². The van der Waals surface area contributed by atoms with E-state index in [1.807, 2.05) is 0 Å². The van der Waals surface area contributed by atoms with E-state index in [9.17, 15) is 18.4 Å². The Kier molecular flexibility index (Phi) is 5.69. The molecule has 0 aliphatic carbocycles. The third kappa shape index (κ3) is 4.33. The van der Waals surface area contributed by atoms with Crippen LogP contribution in [0.2, 0.25) is 0 Å². The zero-order valence-electron chi connectivity index (χ0n) is 18.7. The van der Waals surface area contributed by atoms with Crippen LogP contribution < -0.4 is 10.7 Å². The minimum Gasteiger partial charge on any atom is -0.461 e. The predicted molar refractivity (Wildman–Crippen MR) is 124 cm³/mol. The lowest BCUT2D eigenvalue weighted by atomic mass is 10.2. The predicted octanol–water partition coefficient (Wildman–Crippen LogP) is 3.51. The molecule has 10 heteroatoms. The third-order valence-electron chi connectivity index (χ3n) is 5.51. The highest BCUT2D eigenvalue weighted by molar-refractivity contribution is 5.98. The van der Waals surface area contributed by atoms with E-state index in [0.717, 1.165) is 0 Å². The minimum absolute atomic E-state index is 0.203. The first kappa shape index (κ1) is 22.2. The van der Waals surface area contributed by atoms with Gasteiger partial charge in [0.2, 0.25) is 0 Å². The lowest BCUT2D eigenvalue weighted by Gasteiger charge is -2.32. The molecule has 0 fully saturated rings. The van der Waals surface area contributed by atoms with Gasteiger partial charge in [0.1, 0.15) is 28.8 Å². The number of benzene rings is 2. The van der Waals surface area contributed by atoms with Crippen LogP contribution in [0.15, 0.2) is 84.6 Å². The summed E-state index contributed by atoms with van der Waals surface area (Å²) in [6, 6.07) is 11.9. The summed E-state index contributed by atoms with van der Waals surface area (Å²) in [6.07, 6.45) is 6.53. The summed E-state index contributed by atoms with van der Waals surface area (Å²) in [4.78, 5) is 25.5. The molecule has 5 rings (SSSR count). The molecule has 2 N–H and O–H groups in total. The summed E-state index contributed by atoms with van der Waals surface area (Å²) in [5.74, 6) is -1.29. The molecule has 2 aliphatic rings. The summed E-state index contributed by atoms with van der Waals surface area (Å²) >= 11 is 0. The van der Waals surface area contributed by atoms with E-state index in [4.69, 9.17) is 4.74 Å². The van der Waals surface area contributed by atoms with Crippen LogP contribution in [-0.4, -0.2) is 33.2 Å². The van der Waals surface area contributed by atoms with Crippen LogP contribution in [0.3, 0.4) is 0 Å². The van der Waals surface area contributed by atoms with Gasteiger partial charge in [-0.3, -0.25) is 4.79 Å². The van der Waals surface area contributed by atoms with Crippen molar-refractivity contribution in [3.8, 4) is 0 Å². The lowest BCUT2D eigenvalue weighted by molar-refractivity contribution is -0.138. The van der Waals surface area contributed by atoms with Gasteiger partial charge in [0.15, 0.2) is 0 Å². The number of aromatic nitrogens is 1. The maximum atomic E-state index is 13.9. The molecule has 178 valence electrons. The number of hydrazine groups is 2. The number of halogens is 2. The van der Waals surface area contributed by atoms with Crippen LogP contribution in [0, 0.1) is 11.6 Å². The summed E-state index contributed by atoms with van der Waals surface area (Å²) < 4.78 is 34.4. The van der Waals surface area contributed by atoms with Gasteiger partial charge in [-0.15, -0.1) is 0 Å². The second-order valence-corrected chi connectivity index (χ2v) is 7.86. The second kappa shape index (κ2) is 8.98. The highest BCUT2D eigenvalue weighted by atomic mass is 19.1. The van der Waals surface area contributed by atoms with Crippen LogP contribution in [0.1, 0.15) is 23.0 Å². The number of esters is 1. The van der Waals surface area contributed by atoms with Gasteiger partial charge in [0, 0.05) is 23.6 Å². The molecule has 0 radical (unpaired) electrons. The highest BCUT2D eigenvalue weighted by Gasteiger charge is 2.29. The van der Waals surface area contributed by atoms with Crippen molar-refractivity contribution in [3.05, 3.63) is 107 Å². The normalized spacial score (nSPS) is 14.4. The first-order valence-corrected chi connectivity index (χ1v) is 10.9. The van der Waals surface area contributed by atoms with Gasteiger partial charge in [-0.05, 0) is 61.0 Å². The fourth-order valence-electron chi connectivity index (χ4n) is 3.99. The molecule has 0 unspecified atom stereocenters. The van der Waals surface area contributed by atoms with Gasteiger partial charge in [-0.2, -0.15) is 5.12 Å². The van der Waals surface area contributed by atoms with Crippen molar-refractivity contribution in [2.24, 2.45) is 0 Å². The van der Waals surface area contributed by atoms with Gasteiger partial charge in [0.25, 0.3) is 5.91 Å². The quantitative estimate of drug-likeness (QED) is 0.529. The Hall–Kier alpha value is -4.60. The van der Waals surface area contributed by atoms with Crippen molar-refractivity contribution in [1.82, 2.24) is 25.4 Å². The Balaban J connectivity index is 1.45. The van der Waals surface area contributed by atoms with Crippen molar-refractivity contribution in [1.29, 1.82) is 0 Å². The average Bonchev–Trinajstić information content (AvgIpc) is 3.42. The fraction of sp³-hybridized carbons (Fsp3) is 0.120. The monoisotopic (exact) mass is 477 g/mol. The van der Waals surface area contributed by atoms with Crippen molar-refractivity contribution < 1.29 is 23.1 Å². The molecule has 2 aromatic carbocycles. The molecule has 3 aromatic rings. The van der Waals surface area contributed by atoms with Crippen LogP contribution in [0.5, 0.6) is 0 Å². The molecule has 0 bridgehead atoms. The summed E-state index contributed by atoms with van der Waals surface area (Å²) in [5, 5.41) is 6.43. The third-order valence-corrected chi connectivity index (χ3v) is 5.51. The summed E-state index contributed by atoms with van der Waals surface area (Å²) in [7, 11) is 0. The zero-order valence-corrected chi connectivity index (χ0v) is 18.7. The van der Waals surface area contributed by atoms with Gasteiger partial charge in [0.05, 0.1) is 12.8 Å². The van der Waals surface area contributed by atoms with Gasteiger partial charge < -0.3 is 14.6 Å². The van der Waals surface area contributed by atoms with Gasteiger partial charge in [-0.25, -0.2) is 24.0 Å². The van der Waals surface area contributed by atoms with Crippen LogP contribution in [0.25, 0.3) is 10.9 Å². The number of nitrogens with zero attached hydrogens (tertiary/aromatic N) is 3. The molecular formula is C25H21F2N5O3. The molecular weight excluding hydrogens is 456 g/mol. The van der Waals surface area contributed by atoms with Crippen molar-refractivity contribution in [2.75, 3.05) is 6.61 Å². The van der Waals surface area contributed by atoms with Crippen LogP contribution >= 0.6 is 0 Å². The first-order chi connectivity index (χ1) is 16.9. The van der Waals surface area contributed by atoms with E-state index in [1.165, 1.54) is 35.6 Å². The van der Waals surface area contributed by atoms with Crippen LogP contribution in [0.4, 0.5) is 8.78 Å². The number of carbonyl (C=O) groups is 2. The Morgan fingerprint density at radius 1 is 1.09 bits per heavy atom. The number of rotatable bonds is 6. The maximum absolute atomic E-state index is 13.9. The molecule has 0 atom stereocenters. The molecule has 0 spiro atoms. The SMILES string of the molecule is CCOC(=O)C1=CN2C(=CC=CN2NC(=O)c2cc3cc(F)ccc3n2Cc2cccc(F)c2)N1. The standard InChI is InChI=1S/C25H21F2N5O3/c1-2-35-25(34)20-15-31-23(28-20)7-4-10-32(31)29-24(33)22-13-17-12-19(27)8-9-21(17)30(22)14-16-5-3-6-18(26)11-16/h3-13,15,28H,2,14H2,1H3,(H,29,33). The fourth-order valence-corrected chi connectivity index (χ4v) is 3.99. The van der Waals surface area contributed by atoms with E-state index in [2.05, 4.69) is 10.7 Å². The molecule has 1 amide bonds. The van der Waals surface area contributed by atoms with E-state index < -0.39 is 17.7 Å². The molecule has 1 aromatic heterocycles. The van der Waals surface area contributed by atoms with Crippen LogP contribution in [-0.2, 0) is 16.1 Å². The zero-order chi connectivity index (χ0) is 24.5. The Labute approximate surface area is 199 Å². The van der Waals surface area contributed by atoms with Crippen molar-refractivity contribution in [3.63, 3.8) is 0 Å². The number of nitrogens with one attached hydrogen (secondary N) is 2. The van der Waals surface area contributed by atoms with Gasteiger partial charge in [-0.1, -0.05) is 12.1 Å². The second-order valence-electron chi connectivity index (χ2n) is 7.86. The lowest BCUT2D eigenvalue weighted by Crippen LogP contribution is -2.48. The molecule has 35 heavy (non-hydrogen) atoms. The number of amides is 1. The number of hydrogen-bond acceptors (Lipinski definition) is 6. The maximum Gasteiger partial charge on any atom is 0.356 e. The number of fused-ring (bicyclic) bond motifs is 2. The molecule has 3 heterocycles. The van der Waals surface area contributed by atoms with Gasteiger partial charge >= 0.3 is 5.97 Å². The summed E-state index contributed by atoms with van der Waals surface area (Å²) in [6.45, 7) is 2.14. The number of hydrogen-bond donors (Lipinski definition) is 2. The number of ether oxygens (including phenoxy) is 1. The molecule has 2 aliphatic heterocycles. The van der Waals surface area contributed by atoms with E-state index in [0.29, 0.717) is 22.3 Å². The van der Waals surface area contributed by atoms with E-state index in [-0.39, 0.29) is 30.4 Å². The molecule has 8 nitrogen and oxygen atoms in total. The van der Waals surface area contributed by atoms with Crippen molar-refractivity contribution >= 4 is 22.8 Å². The molecule has 0 saturated carbocycles. The number of carbonyl (C=O) groups excluding carboxylic acids is 2. The van der Waals surface area contributed by atoms with Crippen molar-refractivity contribution in [2.45, 2.75) is 13.5 Å². The number of allylic oxidation sites excluding steroid dienone is 2. The first-order valence-electron chi connectivity index (χ1n) is 10.9. The topological polar surface area (TPSA) is 78.8 Å². The minimum atomic E-state index is -0.522. The average molecular weight is 477 g/mol. The Bertz CT molecular complexity index is 1430. The highest BCUT2D eigenvalue weighted by Crippen LogP contribution is 2.25. The Morgan fingerprint density at radius 3 is 2.71 bits per heavy atom. The smallest absolute Gasteiger partial charge is 0.356 e.